The van der Waals surface area contributed by atoms with Crippen molar-refractivity contribution in [2.45, 2.75) is 69.9 Å². The molecule has 0 bridgehead atoms. The minimum Gasteiger partial charge on any atom is -0.303 e. The molecule has 1 nitrogen and oxygen atoms in total. The maximum Gasteiger partial charge on any atom is 0.416 e. The molecule has 0 N–H and O–H groups in total. The van der Waals surface area contributed by atoms with E-state index in [9.17, 15) is 13.2 Å². The summed E-state index contributed by atoms with van der Waals surface area (Å²) in [4.78, 5) is 2.52. The fourth-order valence-electron chi connectivity index (χ4n) is 4.48. The van der Waals surface area contributed by atoms with Crippen LogP contribution in [0.25, 0.3) is 0 Å². The molecule has 0 unspecified atom stereocenters. The number of benzene rings is 1. The van der Waals surface area contributed by atoms with Crippen molar-refractivity contribution in [2.24, 2.45) is 5.92 Å². The van der Waals surface area contributed by atoms with Crippen molar-refractivity contribution in [2.75, 3.05) is 19.6 Å². The molecule has 0 spiro atoms. The molecular formula is C21H31ClF3N. The van der Waals surface area contributed by atoms with Gasteiger partial charge in [-0.05, 0) is 62.4 Å². The van der Waals surface area contributed by atoms with Gasteiger partial charge in [0.15, 0.2) is 0 Å². The third kappa shape index (κ3) is 6.16. The normalized spacial score (nSPS) is 21.2. The van der Waals surface area contributed by atoms with E-state index >= 15 is 0 Å². The van der Waals surface area contributed by atoms with E-state index < -0.39 is 11.7 Å². The van der Waals surface area contributed by atoms with Crippen LogP contribution in [-0.2, 0) is 6.18 Å². The number of hydrogen-bond donors (Lipinski definition) is 0. The predicted molar refractivity (Wildman–Crippen MR) is 103 cm³/mol. The van der Waals surface area contributed by atoms with Crippen LogP contribution in [0.2, 0.25) is 0 Å². The molecule has 2 aliphatic rings. The first-order valence-corrected chi connectivity index (χ1v) is 9.92. The Hall–Kier alpha value is -0.740. The summed E-state index contributed by atoms with van der Waals surface area (Å²) in [6, 6.07) is 5.94. The summed E-state index contributed by atoms with van der Waals surface area (Å²) in [5, 5.41) is 0. The quantitative estimate of drug-likeness (QED) is 0.520. The van der Waals surface area contributed by atoms with Gasteiger partial charge in [-0.2, -0.15) is 13.2 Å². The molecule has 3 rings (SSSR count). The molecule has 1 aliphatic carbocycles. The zero-order chi connectivity index (χ0) is 17.7. The molecule has 2 fully saturated rings. The molecule has 26 heavy (non-hydrogen) atoms. The molecule has 1 aliphatic heterocycles. The molecule has 1 heterocycles. The van der Waals surface area contributed by atoms with Crippen molar-refractivity contribution in [1.82, 2.24) is 4.90 Å². The van der Waals surface area contributed by atoms with Crippen LogP contribution < -0.4 is 0 Å². The summed E-state index contributed by atoms with van der Waals surface area (Å²) in [6.45, 7) is 3.21. The lowest BCUT2D eigenvalue weighted by atomic mass is 9.88. The Morgan fingerprint density at radius 1 is 0.923 bits per heavy atom. The second-order valence-electron chi connectivity index (χ2n) is 7.89. The molecular weight excluding hydrogens is 359 g/mol. The van der Waals surface area contributed by atoms with Crippen LogP contribution in [0.5, 0.6) is 0 Å². The van der Waals surface area contributed by atoms with Gasteiger partial charge in [0.05, 0.1) is 5.56 Å². The van der Waals surface area contributed by atoms with Crippen molar-refractivity contribution in [3.05, 3.63) is 35.4 Å². The Morgan fingerprint density at radius 3 is 2.19 bits per heavy atom. The van der Waals surface area contributed by atoms with Crippen molar-refractivity contribution in [3.8, 4) is 0 Å². The topological polar surface area (TPSA) is 3.24 Å². The number of hydrogen-bond acceptors (Lipinski definition) is 1. The molecule has 0 atom stereocenters. The zero-order valence-corrected chi connectivity index (χ0v) is 16.3. The average Bonchev–Trinajstić information content (AvgIpc) is 2.89. The van der Waals surface area contributed by atoms with Gasteiger partial charge in [-0.1, -0.05) is 56.7 Å². The third-order valence-corrected chi connectivity index (χ3v) is 6.10. The van der Waals surface area contributed by atoms with Gasteiger partial charge in [0.25, 0.3) is 0 Å². The van der Waals surface area contributed by atoms with Gasteiger partial charge in [-0.25, -0.2) is 0 Å². The molecule has 1 saturated heterocycles. The lowest BCUT2D eigenvalue weighted by Crippen LogP contribution is -2.34. The number of rotatable bonds is 4. The second kappa shape index (κ2) is 9.98. The molecule has 0 amide bonds. The Bertz CT molecular complexity index is 530. The van der Waals surface area contributed by atoms with Crippen LogP contribution in [-0.4, -0.2) is 24.5 Å². The van der Waals surface area contributed by atoms with E-state index in [-0.39, 0.29) is 18.3 Å². The Morgan fingerprint density at radius 2 is 1.58 bits per heavy atom. The number of halogens is 4. The lowest BCUT2D eigenvalue weighted by Gasteiger charge is -2.33. The van der Waals surface area contributed by atoms with Crippen LogP contribution in [0.4, 0.5) is 13.2 Å². The van der Waals surface area contributed by atoms with Crippen LogP contribution in [0, 0.1) is 5.92 Å². The van der Waals surface area contributed by atoms with Gasteiger partial charge in [0.1, 0.15) is 0 Å². The highest BCUT2D eigenvalue weighted by Gasteiger charge is 2.31. The number of alkyl halides is 3. The fraction of sp³-hybridized carbons (Fsp3) is 0.714. The number of likely N-dealkylation sites (tertiary alicyclic amines) is 1. The Labute approximate surface area is 161 Å². The first-order valence-electron chi connectivity index (χ1n) is 9.92. The molecule has 1 saturated carbocycles. The third-order valence-electron chi connectivity index (χ3n) is 6.10. The van der Waals surface area contributed by atoms with Gasteiger partial charge in [0, 0.05) is 0 Å². The highest BCUT2D eigenvalue weighted by atomic mass is 35.5. The monoisotopic (exact) mass is 389 g/mol. The highest BCUT2D eigenvalue weighted by Crippen LogP contribution is 2.34. The standard InChI is InChI=1S/C21H30F3N.ClH/c22-21(23,24)20-9-5-8-19(16-20)18-11-14-25(15-12-18)13-10-17-6-3-1-2-4-7-17;/h5,8-9,16-18H,1-4,6-7,10-15H2;1H. The average molecular weight is 390 g/mol. The molecule has 1 aromatic carbocycles. The summed E-state index contributed by atoms with van der Waals surface area (Å²) >= 11 is 0. The van der Waals surface area contributed by atoms with Gasteiger partial charge in [-0.3, -0.25) is 0 Å². The van der Waals surface area contributed by atoms with Gasteiger partial charge in [-0.15, -0.1) is 12.4 Å². The maximum absolute atomic E-state index is 12.9. The largest absolute Gasteiger partial charge is 0.416 e. The van der Waals surface area contributed by atoms with Crippen LogP contribution in [0.1, 0.15) is 74.8 Å². The van der Waals surface area contributed by atoms with E-state index in [4.69, 9.17) is 0 Å². The van der Waals surface area contributed by atoms with Crippen molar-refractivity contribution < 1.29 is 13.2 Å². The Balaban J connectivity index is 0.00000243. The van der Waals surface area contributed by atoms with Crippen molar-refractivity contribution >= 4 is 12.4 Å². The van der Waals surface area contributed by atoms with Crippen LogP contribution >= 0.6 is 12.4 Å². The predicted octanol–water partition coefficient (Wildman–Crippen LogP) is 6.67. The van der Waals surface area contributed by atoms with Crippen LogP contribution in [0.3, 0.4) is 0 Å². The fourth-order valence-corrected chi connectivity index (χ4v) is 4.48. The molecule has 0 radical (unpaired) electrons. The van der Waals surface area contributed by atoms with E-state index in [2.05, 4.69) is 4.90 Å². The second-order valence-corrected chi connectivity index (χ2v) is 7.89. The smallest absolute Gasteiger partial charge is 0.303 e. The van der Waals surface area contributed by atoms with Gasteiger partial charge < -0.3 is 4.90 Å². The Kier molecular flexibility index (Phi) is 8.28. The molecule has 1 aromatic rings. The zero-order valence-electron chi connectivity index (χ0n) is 15.4. The van der Waals surface area contributed by atoms with E-state index in [1.807, 2.05) is 6.07 Å². The van der Waals surface area contributed by atoms with E-state index in [1.165, 1.54) is 63.6 Å². The van der Waals surface area contributed by atoms with Gasteiger partial charge in [0.2, 0.25) is 0 Å². The summed E-state index contributed by atoms with van der Waals surface area (Å²) in [5.74, 6) is 1.17. The minimum atomic E-state index is -4.24. The number of piperidine rings is 1. The number of nitrogens with zero attached hydrogens (tertiary/aromatic N) is 1. The lowest BCUT2D eigenvalue weighted by molar-refractivity contribution is -0.137. The summed E-state index contributed by atoms with van der Waals surface area (Å²) in [7, 11) is 0. The van der Waals surface area contributed by atoms with E-state index in [1.54, 1.807) is 6.07 Å². The summed E-state index contributed by atoms with van der Waals surface area (Å²) < 4.78 is 38.7. The maximum atomic E-state index is 12.9. The molecule has 0 aromatic heterocycles. The molecule has 148 valence electrons. The molecule has 5 heteroatoms. The first kappa shape index (κ1) is 21.6. The minimum absolute atomic E-state index is 0. The van der Waals surface area contributed by atoms with E-state index in [0.717, 1.165) is 37.4 Å². The van der Waals surface area contributed by atoms with E-state index in [0.29, 0.717) is 0 Å². The highest BCUT2D eigenvalue weighted by molar-refractivity contribution is 5.85. The van der Waals surface area contributed by atoms with Crippen molar-refractivity contribution in [1.29, 1.82) is 0 Å². The summed E-state index contributed by atoms with van der Waals surface area (Å²) in [5.41, 5.74) is 0.346. The van der Waals surface area contributed by atoms with Crippen LogP contribution in [0.15, 0.2) is 24.3 Å². The SMILES string of the molecule is Cl.FC(F)(F)c1cccc(C2CCN(CCC3CCCCCC3)CC2)c1. The summed E-state index contributed by atoms with van der Waals surface area (Å²) in [6.07, 6.45) is 7.38. The van der Waals surface area contributed by atoms with Crippen molar-refractivity contribution in [3.63, 3.8) is 0 Å². The van der Waals surface area contributed by atoms with Gasteiger partial charge >= 0.3 is 6.18 Å². The first-order chi connectivity index (χ1) is 12.0.